The highest BCUT2D eigenvalue weighted by Crippen LogP contribution is 2.34. The quantitative estimate of drug-likeness (QED) is 0.724. The maximum absolute atomic E-state index is 12.6. The Morgan fingerprint density at radius 3 is 2.44 bits per heavy atom. The zero-order valence-electron chi connectivity index (χ0n) is 17.5. The fourth-order valence-corrected chi connectivity index (χ4v) is 4.16. The smallest absolute Gasteiger partial charge is 0.329 e. The van der Waals surface area contributed by atoms with Crippen molar-refractivity contribution in [3.8, 4) is 0 Å². The van der Waals surface area contributed by atoms with E-state index in [9.17, 15) is 14.7 Å². The zero-order chi connectivity index (χ0) is 20.2. The van der Waals surface area contributed by atoms with Crippen molar-refractivity contribution in [1.29, 1.82) is 0 Å². The third-order valence-electron chi connectivity index (χ3n) is 6.00. The molecule has 0 saturated heterocycles. The van der Waals surface area contributed by atoms with E-state index in [0.29, 0.717) is 37.5 Å². The molecule has 0 radical (unpaired) electrons. The molecule has 1 aromatic heterocycles. The van der Waals surface area contributed by atoms with Crippen LogP contribution in [0, 0.1) is 25.7 Å². The number of aryl methyl sites for hydroxylation is 1. The number of aromatic nitrogens is 2. The lowest BCUT2D eigenvalue weighted by Gasteiger charge is -2.37. The van der Waals surface area contributed by atoms with Crippen LogP contribution < -0.4 is 5.32 Å². The molecule has 6 heteroatoms. The molecule has 0 atom stereocenters. The summed E-state index contributed by atoms with van der Waals surface area (Å²) in [5, 5.41) is 17.2. The lowest BCUT2D eigenvalue weighted by atomic mass is 9.75. The van der Waals surface area contributed by atoms with Gasteiger partial charge < -0.3 is 10.4 Å². The van der Waals surface area contributed by atoms with Crippen LogP contribution in [0.4, 0.5) is 0 Å². The van der Waals surface area contributed by atoms with E-state index in [2.05, 4.69) is 31.2 Å². The molecule has 1 aromatic rings. The van der Waals surface area contributed by atoms with Gasteiger partial charge in [0.05, 0.1) is 5.69 Å². The second-order valence-corrected chi connectivity index (χ2v) is 8.51. The second-order valence-electron chi connectivity index (χ2n) is 8.51. The van der Waals surface area contributed by atoms with Crippen molar-refractivity contribution >= 4 is 11.9 Å². The van der Waals surface area contributed by atoms with Gasteiger partial charge in [-0.05, 0) is 63.4 Å². The molecule has 0 spiro atoms. The van der Waals surface area contributed by atoms with Gasteiger partial charge in [-0.25, -0.2) is 4.79 Å². The molecule has 1 saturated carbocycles. The van der Waals surface area contributed by atoms with Crippen molar-refractivity contribution in [3.63, 3.8) is 0 Å². The van der Waals surface area contributed by atoms with E-state index >= 15 is 0 Å². The van der Waals surface area contributed by atoms with E-state index < -0.39 is 11.5 Å². The molecular formula is C21H35N3O3. The summed E-state index contributed by atoms with van der Waals surface area (Å²) in [4.78, 5) is 24.4. The third-order valence-corrected chi connectivity index (χ3v) is 6.00. The first-order valence-corrected chi connectivity index (χ1v) is 10.3. The van der Waals surface area contributed by atoms with Gasteiger partial charge in [0.2, 0.25) is 5.91 Å². The van der Waals surface area contributed by atoms with Crippen LogP contribution in [0.5, 0.6) is 0 Å². The van der Waals surface area contributed by atoms with Crippen LogP contribution in [-0.4, -0.2) is 32.3 Å². The highest BCUT2D eigenvalue weighted by atomic mass is 16.4. The molecule has 27 heavy (non-hydrogen) atoms. The first kappa shape index (κ1) is 21.5. The minimum absolute atomic E-state index is 0.178. The average molecular weight is 378 g/mol. The molecule has 0 bridgehead atoms. The molecule has 1 aliphatic carbocycles. The fraction of sp³-hybridized carbons (Fsp3) is 0.762. The molecule has 1 aliphatic rings. The maximum atomic E-state index is 12.6. The Morgan fingerprint density at radius 2 is 1.93 bits per heavy atom. The first-order valence-electron chi connectivity index (χ1n) is 10.3. The van der Waals surface area contributed by atoms with E-state index in [1.165, 1.54) is 0 Å². The highest BCUT2D eigenvalue weighted by Gasteiger charge is 2.42. The number of rotatable bonds is 8. The molecule has 2 rings (SSSR count). The summed E-state index contributed by atoms with van der Waals surface area (Å²) in [6.45, 7) is 11.3. The SMILES string of the molecule is CCC1CCC(NC(=O)CCc2c(C)nn(CC(C)C)c2C)(C(=O)O)CC1. The van der Waals surface area contributed by atoms with Crippen molar-refractivity contribution in [3.05, 3.63) is 17.0 Å². The fourth-order valence-electron chi connectivity index (χ4n) is 4.16. The Hall–Kier alpha value is -1.85. The number of amides is 1. The summed E-state index contributed by atoms with van der Waals surface area (Å²) in [5.41, 5.74) is 2.07. The van der Waals surface area contributed by atoms with Gasteiger partial charge in [-0.15, -0.1) is 0 Å². The Morgan fingerprint density at radius 1 is 1.30 bits per heavy atom. The average Bonchev–Trinajstić information content (AvgIpc) is 2.86. The number of hydrogen-bond acceptors (Lipinski definition) is 3. The van der Waals surface area contributed by atoms with Crippen LogP contribution in [0.1, 0.15) is 76.2 Å². The number of carboxylic acid groups (broad SMARTS) is 1. The van der Waals surface area contributed by atoms with E-state index in [1.807, 2.05) is 18.5 Å². The number of carbonyl (C=O) groups excluding carboxylic acids is 1. The van der Waals surface area contributed by atoms with Gasteiger partial charge in [-0.3, -0.25) is 9.48 Å². The Kier molecular flexibility index (Phi) is 7.06. The predicted molar refractivity (Wildman–Crippen MR) is 106 cm³/mol. The highest BCUT2D eigenvalue weighted by molar-refractivity contribution is 5.87. The molecule has 1 fully saturated rings. The number of nitrogens with one attached hydrogen (secondary N) is 1. The molecule has 152 valence electrons. The Bertz CT molecular complexity index is 670. The summed E-state index contributed by atoms with van der Waals surface area (Å²) in [6, 6.07) is 0. The van der Waals surface area contributed by atoms with Crippen molar-refractivity contribution in [2.45, 2.75) is 91.6 Å². The van der Waals surface area contributed by atoms with Gasteiger partial charge in [-0.1, -0.05) is 27.2 Å². The molecule has 0 aromatic carbocycles. The molecule has 1 amide bonds. The van der Waals surface area contributed by atoms with Gasteiger partial charge >= 0.3 is 5.97 Å². The van der Waals surface area contributed by atoms with Crippen molar-refractivity contribution in [2.24, 2.45) is 11.8 Å². The topological polar surface area (TPSA) is 84.2 Å². The van der Waals surface area contributed by atoms with E-state index in [4.69, 9.17) is 0 Å². The monoisotopic (exact) mass is 377 g/mol. The van der Waals surface area contributed by atoms with Crippen LogP contribution in [0.2, 0.25) is 0 Å². The summed E-state index contributed by atoms with van der Waals surface area (Å²) >= 11 is 0. The number of hydrogen-bond donors (Lipinski definition) is 2. The summed E-state index contributed by atoms with van der Waals surface area (Å²) < 4.78 is 2.01. The first-order chi connectivity index (χ1) is 12.7. The third kappa shape index (κ3) is 5.11. The minimum atomic E-state index is -1.09. The minimum Gasteiger partial charge on any atom is -0.480 e. The van der Waals surface area contributed by atoms with Crippen molar-refractivity contribution in [2.75, 3.05) is 0 Å². The van der Waals surface area contributed by atoms with Crippen molar-refractivity contribution in [1.82, 2.24) is 15.1 Å². The number of nitrogens with zero attached hydrogens (tertiary/aromatic N) is 2. The number of aliphatic carboxylic acids is 1. The van der Waals surface area contributed by atoms with Crippen LogP contribution in [-0.2, 0) is 22.6 Å². The number of carboxylic acids is 1. The summed E-state index contributed by atoms with van der Waals surface area (Å²) in [5.74, 6) is 0.00423. The van der Waals surface area contributed by atoms with Crippen molar-refractivity contribution < 1.29 is 14.7 Å². The van der Waals surface area contributed by atoms with Gasteiger partial charge in [0.15, 0.2) is 0 Å². The molecule has 1 heterocycles. The summed E-state index contributed by atoms with van der Waals surface area (Å²) in [6.07, 6.45) is 4.74. The summed E-state index contributed by atoms with van der Waals surface area (Å²) in [7, 11) is 0. The van der Waals surface area contributed by atoms with Gasteiger partial charge in [0.1, 0.15) is 5.54 Å². The van der Waals surface area contributed by atoms with E-state index in [-0.39, 0.29) is 5.91 Å². The Labute approximate surface area is 162 Å². The normalized spacial score (nSPS) is 22.8. The van der Waals surface area contributed by atoms with Crippen LogP contribution >= 0.6 is 0 Å². The lowest BCUT2D eigenvalue weighted by Crippen LogP contribution is -2.56. The van der Waals surface area contributed by atoms with Gasteiger partial charge in [-0.2, -0.15) is 5.10 Å². The standard InChI is InChI=1S/C21H35N3O3/c1-6-17-9-11-21(12-10-17,20(26)27)22-19(25)8-7-18-15(4)23-24(16(18)5)13-14(2)3/h14,17H,6-13H2,1-5H3,(H,22,25)(H,26,27). The zero-order valence-corrected chi connectivity index (χ0v) is 17.5. The van der Waals surface area contributed by atoms with Crippen LogP contribution in [0.15, 0.2) is 0 Å². The molecular weight excluding hydrogens is 342 g/mol. The van der Waals surface area contributed by atoms with Crippen LogP contribution in [0.25, 0.3) is 0 Å². The van der Waals surface area contributed by atoms with E-state index in [0.717, 1.165) is 42.8 Å². The maximum Gasteiger partial charge on any atom is 0.329 e. The largest absolute Gasteiger partial charge is 0.480 e. The molecule has 0 aliphatic heterocycles. The van der Waals surface area contributed by atoms with Crippen LogP contribution in [0.3, 0.4) is 0 Å². The second kappa shape index (κ2) is 8.89. The van der Waals surface area contributed by atoms with Gasteiger partial charge in [0.25, 0.3) is 0 Å². The lowest BCUT2D eigenvalue weighted by molar-refractivity contribution is -0.149. The number of carbonyl (C=O) groups is 2. The molecule has 0 unspecified atom stereocenters. The predicted octanol–water partition coefficient (Wildman–Crippen LogP) is 3.63. The van der Waals surface area contributed by atoms with E-state index in [1.54, 1.807) is 0 Å². The van der Waals surface area contributed by atoms with Gasteiger partial charge in [0, 0.05) is 18.7 Å². The Balaban J connectivity index is 1.99. The molecule has 2 N–H and O–H groups in total. The molecule has 6 nitrogen and oxygen atoms in total.